The molecule has 0 amide bonds. The van der Waals surface area contributed by atoms with Crippen molar-refractivity contribution < 1.29 is 19.0 Å². The summed E-state index contributed by atoms with van der Waals surface area (Å²) in [6, 6.07) is 0. The molecule has 0 N–H and O–H groups in total. The van der Waals surface area contributed by atoms with E-state index in [2.05, 4.69) is 6.58 Å². The van der Waals surface area contributed by atoms with Crippen LogP contribution in [0.15, 0.2) is 12.2 Å². The number of carbonyl (C=O) groups is 1. The number of hydrogen-bond acceptors (Lipinski definition) is 4. The lowest BCUT2D eigenvalue weighted by Gasteiger charge is -2.58. The standard InChI is InChI=1S/C19H28O4/c1-11(2)17(20)23-18(3,4)16-10-21-19(22-16)14-6-12-5-13(8-14)9-15(19)7-12/h12-16H,1,5-10H2,2-4H3. The maximum atomic E-state index is 11.9. The van der Waals surface area contributed by atoms with Crippen molar-refractivity contribution in [1.29, 1.82) is 0 Å². The van der Waals surface area contributed by atoms with Gasteiger partial charge in [0.05, 0.1) is 6.61 Å². The SMILES string of the molecule is C=C(C)C(=O)OC(C)(C)C1COC2(O1)C1CC3CC(C1)CC2C3. The molecule has 128 valence electrons. The monoisotopic (exact) mass is 320 g/mol. The van der Waals surface area contributed by atoms with Crippen LogP contribution in [0.3, 0.4) is 0 Å². The van der Waals surface area contributed by atoms with E-state index < -0.39 is 11.4 Å². The van der Waals surface area contributed by atoms with Crippen LogP contribution in [0.5, 0.6) is 0 Å². The average molecular weight is 320 g/mol. The molecule has 5 aliphatic rings. The van der Waals surface area contributed by atoms with Crippen LogP contribution >= 0.6 is 0 Å². The zero-order valence-corrected chi connectivity index (χ0v) is 14.5. The van der Waals surface area contributed by atoms with Crippen LogP contribution in [-0.4, -0.2) is 30.1 Å². The summed E-state index contributed by atoms with van der Waals surface area (Å²) in [7, 11) is 0. The topological polar surface area (TPSA) is 44.8 Å². The van der Waals surface area contributed by atoms with Crippen molar-refractivity contribution in [3.63, 3.8) is 0 Å². The Bertz CT molecular complexity index is 507. The molecule has 5 rings (SSSR count). The Morgan fingerprint density at radius 3 is 2.22 bits per heavy atom. The summed E-state index contributed by atoms with van der Waals surface area (Å²) < 4.78 is 18.5. The zero-order valence-electron chi connectivity index (χ0n) is 14.5. The highest BCUT2D eigenvalue weighted by atomic mass is 16.8. The summed E-state index contributed by atoms with van der Waals surface area (Å²) in [5.41, 5.74) is -0.282. The van der Waals surface area contributed by atoms with Crippen molar-refractivity contribution in [2.24, 2.45) is 23.7 Å². The van der Waals surface area contributed by atoms with E-state index in [1.165, 1.54) is 32.1 Å². The molecule has 0 aromatic heterocycles. The average Bonchev–Trinajstić information content (AvgIpc) is 2.90. The van der Waals surface area contributed by atoms with E-state index in [1.807, 2.05) is 13.8 Å². The van der Waals surface area contributed by atoms with Crippen LogP contribution in [0.25, 0.3) is 0 Å². The molecule has 23 heavy (non-hydrogen) atoms. The van der Waals surface area contributed by atoms with Crippen LogP contribution in [0.4, 0.5) is 0 Å². The second-order valence-corrected chi connectivity index (χ2v) is 8.72. The van der Waals surface area contributed by atoms with Gasteiger partial charge in [-0.15, -0.1) is 0 Å². The molecule has 4 saturated carbocycles. The Morgan fingerprint density at radius 1 is 1.13 bits per heavy atom. The Morgan fingerprint density at radius 2 is 1.70 bits per heavy atom. The maximum Gasteiger partial charge on any atom is 0.333 e. The molecule has 5 fully saturated rings. The van der Waals surface area contributed by atoms with E-state index >= 15 is 0 Å². The molecule has 0 radical (unpaired) electrons. The zero-order chi connectivity index (χ0) is 16.4. The highest BCUT2D eigenvalue weighted by Gasteiger charge is 2.63. The lowest BCUT2D eigenvalue weighted by Crippen LogP contribution is -2.59. The molecule has 4 bridgehead atoms. The summed E-state index contributed by atoms with van der Waals surface area (Å²) in [6.45, 7) is 9.67. The second-order valence-electron chi connectivity index (χ2n) is 8.72. The minimum absolute atomic E-state index is 0.205. The van der Waals surface area contributed by atoms with Crippen molar-refractivity contribution in [2.75, 3.05) is 6.61 Å². The smallest absolute Gasteiger partial charge is 0.333 e. The van der Waals surface area contributed by atoms with Gasteiger partial charge >= 0.3 is 5.97 Å². The van der Waals surface area contributed by atoms with Gasteiger partial charge in [0.2, 0.25) is 0 Å². The first-order valence-electron chi connectivity index (χ1n) is 9.01. The van der Waals surface area contributed by atoms with Gasteiger partial charge in [0.25, 0.3) is 0 Å². The van der Waals surface area contributed by atoms with Crippen LogP contribution in [0.2, 0.25) is 0 Å². The van der Waals surface area contributed by atoms with Crippen molar-refractivity contribution in [2.45, 2.75) is 70.4 Å². The van der Waals surface area contributed by atoms with E-state index in [0.717, 1.165) is 11.8 Å². The van der Waals surface area contributed by atoms with Crippen LogP contribution in [0, 0.1) is 23.7 Å². The number of esters is 1. The fourth-order valence-corrected chi connectivity index (χ4v) is 5.50. The number of hydrogen-bond donors (Lipinski definition) is 0. The van der Waals surface area contributed by atoms with E-state index in [1.54, 1.807) is 6.92 Å². The van der Waals surface area contributed by atoms with E-state index in [4.69, 9.17) is 14.2 Å². The summed E-state index contributed by atoms with van der Waals surface area (Å²) in [6.07, 6.45) is 6.17. The van der Waals surface area contributed by atoms with E-state index in [0.29, 0.717) is 24.0 Å². The van der Waals surface area contributed by atoms with Crippen molar-refractivity contribution in [3.8, 4) is 0 Å². The molecule has 0 aromatic carbocycles. The number of rotatable bonds is 3. The van der Waals surface area contributed by atoms with E-state index in [-0.39, 0.29) is 12.1 Å². The third kappa shape index (κ3) is 2.37. The Hall–Kier alpha value is -0.870. The summed E-state index contributed by atoms with van der Waals surface area (Å²) in [5.74, 6) is 2.04. The quantitative estimate of drug-likeness (QED) is 0.590. The molecule has 1 atom stereocenters. The Balaban J connectivity index is 1.51. The molecular formula is C19H28O4. The lowest BCUT2D eigenvalue weighted by atomic mass is 9.53. The highest BCUT2D eigenvalue weighted by Crippen LogP contribution is 2.61. The van der Waals surface area contributed by atoms with Crippen LogP contribution in [0.1, 0.15) is 52.9 Å². The predicted molar refractivity (Wildman–Crippen MR) is 85.6 cm³/mol. The third-order valence-corrected chi connectivity index (χ3v) is 6.54. The van der Waals surface area contributed by atoms with Gasteiger partial charge in [-0.25, -0.2) is 4.79 Å². The first-order valence-corrected chi connectivity index (χ1v) is 9.01. The second kappa shape index (κ2) is 5.06. The number of ether oxygens (including phenoxy) is 3. The van der Waals surface area contributed by atoms with Crippen LogP contribution < -0.4 is 0 Å². The summed E-state index contributed by atoms with van der Waals surface area (Å²) in [4.78, 5) is 11.9. The minimum atomic E-state index is -0.700. The normalized spacial score (nSPS) is 44.7. The minimum Gasteiger partial charge on any atom is -0.453 e. The molecule has 4 aliphatic carbocycles. The first kappa shape index (κ1) is 15.6. The Labute approximate surface area is 138 Å². The number of carbonyl (C=O) groups excluding carboxylic acids is 1. The Kier molecular flexibility index (Phi) is 3.44. The van der Waals surface area contributed by atoms with Crippen molar-refractivity contribution >= 4 is 5.97 Å². The molecule has 1 unspecified atom stereocenters. The fourth-order valence-electron chi connectivity index (χ4n) is 5.50. The third-order valence-electron chi connectivity index (χ3n) is 6.54. The van der Waals surface area contributed by atoms with Crippen molar-refractivity contribution in [3.05, 3.63) is 12.2 Å². The molecule has 0 aromatic rings. The van der Waals surface area contributed by atoms with Gasteiger partial charge in [0, 0.05) is 17.4 Å². The molecule has 4 heteroatoms. The lowest BCUT2D eigenvalue weighted by molar-refractivity contribution is -0.301. The van der Waals surface area contributed by atoms with Gasteiger partial charge < -0.3 is 14.2 Å². The van der Waals surface area contributed by atoms with Gasteiger partial charge in [0.15, 0.2) is 5.79 Å². The predicted octanol–water partition coefficient (Wildman–Crippen LogP) is 3.45. The molecular weight excluding hydrogens is 292 g/mol. The fraction of sp³-hybridized carbons (Fsp3) is 0.842. The molecule has 1 saturated heterocycles. The summed E-state index contributed by atoms with van der Waals surface area (Å²) >= 11 is 0. The van der Waals surface area contributed by atoms with Gasteiger partial charge in [-0.05, 0) is 64.7 Å². The van der Waals surface area contributed by atoms with Crippen molar-refractivity contribution in [1.82, 2.24) is 0 Å². The largest absolute Gasteiger partial charge is 0.453 e. The molecule has 1 heterocycles. The van der Waals surface area contributed by atoms with Gasteiger partial charge in [0.1, 0.15) is 11.7 Å². The molecule has 1 spiro atoms. The molecule has 1 aliphatic heterocycles. The first-order chi connectivity index (χ1) is 10.8. The van der Waals surface area contributed by atoms with Gasteiger partial charge in [-0.3, -0.25) is 0 Å². The van der Waals surface area contributed by atoms with E-state index in [9.17, 15) is 4.79 Å². The summed E-state index contributed by atoms with van der Waals surface area (Å²) in [5, 5.41) is 0. The van der Waals surface area contributed by atoms with Gasteiger partial charge in [-0.2, -0.15) is 0 Å². The maximum absolute atomic E-state index is 11.9. The highest BCUT2D eigenvalue weighted by molar-refractivity contribution is 5.87. The van der Waals surface area contributed by atoms with Gasteiger partial charge in [-0.1, -0.05) is 6.58 Å². The molecule has 4 nitrogen and oxygen atoms in total. The van der Waals surface area contributed by atoms with Crippen LogP contribution in [-0.2, 0) is 19.0 Å².